The molecule has 182 valence electrons. The topological polar surface area (TPSA) is 102 Å². The van der Waals surface area contributed by atoms with Gasteiger partial charge in [0.25, 0.3) is 11.8 Å². The van der Waals surface area contributed by atoms with E-state index in [0.29, 0.717) is 23.4 Å². The molecule has 0 aliphatic carbocycles. The average molecular weight is 485 g/mol. The third-order valence-electron chi connectivity index (χ3n) is 5.43. The summed E-state index contributed by atoms with van der Waals surface area (Å²) in [6, 6.07) is 17.7. The molecule has 0 spiro atoms. The molecular weight excluding hydrogens is 460 g/mol. The molecule has 0 unspecified atom stereocenters. The fraction of sp³-hybridized carbons (Fsp3) is 0.143. The highest BCUT2D eigenvalue weighted by Gasteiger charge is 2.36. The minimum Gasteiger partial charge on any atom is -0.490 e. The summed E-state index contributed by atoms with van der Waals surface area (Å²) in [6.07, 6.45) is 1.36. The van der Waals surface area contributed by atoms with Gasteiger partial charge >= 0.3 is 12.0 Å². The van der Waals surface area contributed by atoms with Gasteiger partial charge in [0.15, 0.2) is 11.5 Å². The van der Waals surface area contributed by atoms with E-state index >= 15 is 0 Å². The molecule has 1 N–H and O–H groups in total. The summed E-state index contributed by atoms with van der Waals surface area (Å²) in [5.74, 6) is -1.64. The van der Waals surface area contributed by atoms with Crippen molar-refractivity contribution in [1.82, 2.24) is 5.32 Å². The van der Waals surface area contributed by atoms with Gasteiger partial charge < -0.3 is 9.47 Å². The Hall–Kier alpha value is -4.72. The van der Waals surface area contributed by atoms with E-state index in [1.807, 2.05) is 32.0 Å². The first kappa shape index (κ1) is 24.4. The van der Waals surface area contributed by atoms with Gasteiger partial charge in [-0.1, -0.05) is 35.9 Å². The van der Waals surface area contributed by atoms with Gasteiger partial charge in [-0.15, -0.1) is 0 Å². The predicted octanol–water partition coefficient (Wildman–Crippen LogP) is 4.59. The summed E-state index contributed by atoms with van der Waals surface area (Å²) < 4.78 is 11.2. The number of ether oxygens (including phenoxy) is 2. The van der Waals surface area contributed by atoms with Crippen LogP contribution in [0.2, 0.25) is 0 Å². The average Bonchev–Trinajstić information content (AvgIpc) is 2.84. The van der Waals surface area contributed by atoms with Crippen LogP contribution in [-0.2, 0) is 9.59 Å². The van der Waals surface area contributed by atoms with Crippen LogP contribution < -0.4 is 19.7 Å². The number of carbonyl (C=O) groups is 4. The molecular formula is C28H24N2O6. The molecule has 0 aromatic heterocycles. The van der Waals surface area contributed by atoms with Crippen LogP contribution in [-0.4, -0.2) is 30.4 Å². The molecule has 0 radical (unpaired) electrons. The number of anilines is 1. The van der Waals surface area contributed by atoms with Gasteiger partial charge in [-0.2, -0.15) is 0 Å². The highest BCUT2D eigenvalue weighted by Crippen LogP contribution is 2.31. The number of barbiturate groups is 1. The number of urea groups is 1. The Balaban J connectivity index is 1.64. The van der Waals surface area contributed by atoms with Crippen LogP contribution in [0.3, 0.4) is 0 Å². The monoisotopic (exact) mass is 484 g/mol. The molecule has 1 aliphatic heterocycles. The Morgan fingerprint density at radius 1 is 0.917 bits per heavy atom. The molecule has 4 amide bonds. The number of hydrogen-bond donors (Lipinski definition) is 1. The highest BCUT2D eigenvalue weighted by atomic mass is 16.6. The molecule has 0 saturated carbocycles. The number of benzene rings is 3. The second-order valence-electron chi connectivity index (χ2n) is 8.19. The maximum atomic E-state index is 13.1. The summed E-state index contributed by atoms with van der Waals surface area (Å²) in [5, 5.41) is 2.21. The number of aryl methyl sites for hydroxylation is 2. The van der Waals surface area contributed by atoms with E-state index < -0.39 is 23.8 Å². The van der Waals surface area contributed by atoms with E-state index in [0.717, 1.165) is 16.0 Å². The van der Waals surface area contributed by atoms with Crippen molar-refractivity contribution in [3.05, 3.63) is 94.6 Å². The number of nitrogens with zero attached hydrogens (tertiary/aromatic N) is 1. The number of esters is 1. The number of imide groups is 2. The van der Waals surface area contributed by atoms with Crippen molar-refractivity contribution >= 4 is 35.6 Å². The zero-order chi connectivity index (χ0) is 25.8. The third kappa shape index (κ3) is 5.17. The van der Waals surface area contributed by atoms with E-state index in [-0.39, 0.29) is 17.1 Å². The molecule has 36 heavy (non-hydrogen) atoms. The van der Waals surface area contributed by atoms with Crippen molar-refractivity contribution in [2.75, 3.05) is 11.5 Å². The third-order valence-corrected chi connectivity index (χ3v) is 5.43. The molecule has 0 bridgehead atoms. The van der Waals surface area contributed by atoms with Gasteiger partial charge in [0.05, 0.1) is 17.9 Å². The fourth-order valence-corrected chi connectivity index (χ4v) is 3.64. The molecule has 1 aliphatic rings. The van der Waals surface area contributed by atoms with Crippen LogP contribution in [0.4, 0.5) is 10.5 Å². The summed E-state index contributed by atoms with van der Waals surface area (Å²) >= 11 is 0. The molecule has 1 saturated heterocycles. The quantitative estimate of drug-likeness (QED) is 0.238. The van der Waals surface area contributed by atoms with Crippen LogP contribution in [0.25, 0.3) is 6.08 Å². The predicted molar refractivity (Wildman–Crippen MR) is 134 cm³/mol. The van der Waals surface area contributed by atoms with Gasteiger partial charge in [0.2, 0.25) is 0 Å². The lowest BCUT2D eigenvalue weighted by atomic mass is 10.1. The van der Waals surface area contributed by atoms with E-state index in [1.54, 1.807) is 49.4 Å². The van der Waals surface area contributed by atoms with E-state index in [4.69, 9.17) is 9.47 Å². The Morgan fingerprint density at radius 3 is 2.36 bits per heavy atom. The summed E-state index contributed by atoms with van der Waals surface area (Å²) in [4.78, 5) is 51.6. The summed E-state index contributed by atoms with van der Waals surface area (Å²) in [6.45, 7) is 5.83. The number of rotatable bonds is 6. The van der Waals surface area contributed by atoms with Crippen LogP contribution in [0.1, 0.15) is 34.0 Å². The molecule has 4 rings (SSSR count). The lowest BCUT2D eigenvalue weighted by Crippen LogP contribution is -2.54. The molecule has 8 heteroatoms. The van der Waals surface area contributed by atoms with Crippen LogP contribution in [0, 0.1) is 13.8 Å². The summed E-state index contributed by atoms with van der Waals surface area (Å²) in [7, 11) is 0. The van der Waals surface area contributed by atoms with Gasteiger partial charge in [-0.05, 0) is 74.4 Å². The maximum Gasteiger partial charge on any atom is 0.343 e. The first-order valence-electron chi connectivity index (χ1n) is 11.3. The SMILES string of the molecule is CCOc1cc(/C=C2\C(=O)NC(=O)N(c3cccc(C)c3)C2=O)ccc1OC(=O)c1ccc(C)cc1. The van der Waals surface area contributed by atoms with Gasteiger partial charge in [0.1, 0.15) is 5.57 Å². The van der Waals surface area contributed by atoms with E-state index in [1.165, 1.54) is 12.1 Å². The van der Waals surface area contributed by atoms with Gasteiger partial charge in [0, 0.05) is 0 Å². The Morgan fingerprint density at radius 2 is 1.67 bits per heavy atom. The standard InChI is InChI=1S/C28H24N2O6/c1-4-35-24-16-19(10-13-23(24)36-27(33)20-11-8-17(2)9-12-20)15-22-25(31)29-28(34)30(26(22)32)21-7-5-6-18(3)14-21/h5-16H,4H2,1-3H3,(H,29,31,34)/b22-15+. The highest BCUT2D eigenvalue weighted by molar-refractivity contribution is 6.39. The Kier molecular flexibility index (Phi) is 6.96. The summed E-state index contributed by atoms with van der Waals surface area (Å²) in [5.41, 5.74) is 2.84. The minimum absolute atomic E-state index is 0.195. The van der Waals surface area contributed by atoms with Gasteiger partial charge in [-0.25, -0.2) is 14.5 Å². The molecule has 3 aromatic rings. The zero-order valence-corrected chi connectivity index (χ0v) is 20.0. The van der Waals surface area contributed by atoms with Crippen molar-refractivity contribution in [3.8, 4) is 11.5 Å². The second-order valence-corrected chi connectivity index (χ2v) is 8.19. The van der Waals surface area contributed by atoms with Crippen molar-refractivity contribution in [2.24, 2.45) is 0 Å². The molecule has 8 nitrogen and oxygen atoms in total. The van der Waals surface area contributed by atoms with Gasteiger partial charge in [-0.3, -0.25) is 14.9 Å². The smallest absolute Gasteiger partial charge is 0.343 e. The van der Waals surface area contributed by atoms with Crippen LogP contribution >= 0.6 is 0 Å². The lowest BCUT2D eigenvalue weighted by Gasteiger charge is -2.26. The van der Waals surface area contributed by atoms with E-state index in [9.17, 15) is 19.2 Å². The zero-order valence-electron chi connectivity index (χ0n) is 20.0. The first-order chi connectivity index (χ1) is 17.3. The van der Waals surface area contributed by atoms with Crippen molar-refractivity contribution < 1.29 is 28.7 Å². The number of nitrogens with one attached hydrogen (secondary N) is 1. The molecule has 0 atom stereocenters. The maximum absolute atomic E-state index is 13.1. The van der Waals surface area contributed by atoms with Crippen molar-refractivity contribution in [3.63, 3.8) is 0 Å². The lowest BCUT2D eigenvalue weighted by molar-refractivity contribution is -0.122. The second kappa shape index (κ2) is 10.3. The fourth-order valence-electron chi connectivity index (χ4n) is 3.64. The van der Waals surface area contributed by atoms with Crippen LogP contribution in [0.5, 0.6) is 11.5 Å². The largest absolute Gasteiger partial charge is 0.490 e. The van der Waals surface area contributed by atoms with Crippen LogP contribution in [0.15, 0.2) is 72.3 Å². The Labute approximate surface area is 208 Å². The van der Waals surface area contributed by atoms with Crippen molar-refractivity contribution in [2.45, 2.75) is 20.8 Å². The minimum atomic E-state index is -0.818. The number of carbonyl (C=O) groups excluding carboxylic acids is 4. The molecule has 1 fully saturated rings. The normalized spacial score (nSPS) is 14.6. The molecule has 1 heterocycles. The number of amides is 4. The van der Waals surface area contributed by atoms with E-state index in [2.05, 4.69) is 5.32 Å². The molecule has 3 aromatic carbocycles. The van der Waals surface area contributed by atoms with Crippen molar-refractivity contribution in [1.29, 1.82) is 0 Å². The first-order valence-corrected chi connectivity index (χ1v) is 11.3. The Bertz CT molecular complexity index is 1390. The number of hydrogen-bond acceptors (Lipinski definition) is 6.